The van der Waals surface area contributed by atoms with Crippen molar-refractivity contribution in [3.63, 3.8) is 0 Å². The summed E-state index contributed by atoms with van der Waals surface area (Å²) in [5.41, 5.74) is 15.3. The van der Waals surface area contributed by atoms with E-state index in [-0.39, 0.29) is 12.4 Å². The number of halogens is 1. The van der Waals surface area contributed by atoms with E-state index in [1.54, 1.807) is 7.11 Å². The molecular weight excluding hydrogens is 312 g/mol. The Hall–Kier alpha value is -2.66. The van der Waals surface area contributed by atoms with Gasteiger partial charge in [0.1, 0.15) is 5.75 Å². The molecular formula is C17H19ClN4O. The second kappa shape index (κ2) is 7.07. The van der Waals surface area contributed by atoms with Gasteiger partial charge in [0.2, 0.25) is 5.95 Å². The molecule has 0 saturated carbocycles. The third kappa shape index (κ3) is 3.57. The van der Waals surface area contributed by atoms with E-state index in [9.17, 15) is 0 Å². The number of nitrogen functional groups attached to an aromatic ring is 2. The molecule has 2 aromatic carbocycles. The van der Waals surface area contributed by atoms with E-state index in [0.29, 0.717) is 12.5 Å². The van der Waals surface area contributed by atoms with Crippen molar-refractivity contribution in [2.45, 2.75) is 6.54 Å². The SMILES string of the molecule is COc1ccccc1Cn1cc(-c2ccc(N)cc2)nc1N.Cl. The van der Waals surface area contributed by atoms with Gasteiger partial charge >= 0.3 is 0 Å². The fraction of sp³-hybridized carbons (Fsp3) is 0.118. The Labute approximate surface area is 141 Å². The first kappa shape index (κ1) is 16.7. The summed E-state index contributed by atoms with van der Waals surface area (Å²) < 4.78 is 7.28. The number of nitrogens with zero attached hydrogens (tertiary/aromatic N) is 2. The molecule has 0 fully saturated rings. The molecule has 0 aliphatic rings. The fourth-order valence-corrected chi connectivity index (χ4v) is 2.37. The summed E-state index contributed by atoms with van der Waals surface area (Å²) in [6.07, 6.45) is 1.94. The van der Waals surface area contributed by atoms with Gasteiger partial charge < -0.3 is 20.8 Å². The highest BCUT2D eigenvalue weighted by Crippen LogP contribution is 2.24. The van der Waals surface area contributed by atoms with Crippen molar-refractivity contribution in [1.82, 2.24) is 9.55 Å². The van der Waals surface area contributed by atoms with Crippen LogP contribution in [0, 0.1) is 0 Å². The Balaban J connectivity index is 0.00000192. The Bertz CT molecular complexity index is 784. The molecule has 4 N–H and O–H groups in total. The van der Waals surface area contributed by atoms with Crippen LogP contribution in [0.4, 0.5) is 11.6 Å². The normalized spacial score (nSPS) is 10.1. The minimum absolute atomic E-state index is 0. The maximum atomic E-state index is 6.03. The second-order valence-corrected chi connectivity index (χ2v) is 5.05. The molecule has 23 heavy (non-hydrogen) atoms. The molecule has 0 aliphatic carbocycles. The van der Waals surface area contributed by atoms with Crippen molar-refractivity contribution in [2.24, 2.45) is 0 Å². The molecule has 3 aromatic rings. The van der Waals surface area contributed by atoms with Crippen LogP contribution >= 0.6 is 12.4 Å². The highest BCUT2D eigenvalue weighted by atomic mass is 35.5. The fourth-order valence-electron chi connectivity index (χ4n) is 2.37. The van der Waals surface area contributed by atoms with Crippen molar-refractivity contribution in [1.29, 1.82) is 0 Å². The van der Waals surface area contributed by atoms with E-state index >= 15 is 0 Å². The van der Waals surface area contributed by atoms with Gasteiger partial charge in [-0.1, -0.05) is 30.3 Å². The summed E-state index contributed by atoms with van der Waals surface area (Å²) in [5.74, 6) is 1.31. The lowest BCUT2D eigenvalue weighted by molar-refractivity contribution is 0.408. The molecule has 0 atom stereocenters. The summed E-state index contributed by atoms with van der Waals surface area (Å²) in [6, 6.07) is 15.4. The van der Waals surface area contributed by atoms with Crippen LogP contribution in [0.15, 0.2) is 54.7 Å². The Kier molecular flexibility index (Phi) is 5.13. The number of para-hydroxylation sites is 1. The molecule has 6 heteroatoms. The van der Waals surface area contributed by atoms with Crippen LogP contribution in [0.5, 0.6) is 5.75 Å². The van der Waals surface area contributed by atoms with Crippen molar-refractivity contribution in [2.75, 3.05) is 18.6 Å². The van der Waals surface area contributed by atoms with Crippen LogP contribution in [-0.2, 0) is 6.54 Å². The second-order valence-electron chi connectivity index (χ2n) is 5.05. The van der Waals surface area contributed by atoms with Crippen LogP contribution in [0.1, 0.15) is 5.56 Å². The molecule has 5 nitrogen and oxygen atoms in total. The van der Waals surface area contributed by atoms with E-state index in [4.69, 9.17) is 16.2 Å². The monoisotopic (exact) mass is 330 g/mol. The highest BCUT2D eigenvalue weighted by Gasteiger charge is 2.09. The zero-order chi connectivity index (χ0) is 15.5. The van der Waals surface area contributed by atoms with Gasteiger partial charge in [-0.25, -0.2) is 4.98 Å². The molecule has 0 saturated heterocycles. The average molecular weight is 331 g/mol. The Morgan fingerprint density at radius 3 is 2.43 bits per heavy atom. The molecule has 3 rings (SSSR count). The van der Waals surface area contributed by atoms with Crippen molar-refractivity contribution < 1.29 is 4.74 Å². The van der Waals surface area contributed by atoms with Gasteiger partial charge in [-0.3, -0.25) is 0 Å². The number of aromatic nitrogens is 2. The topological polar surface area (TPSA) is 79.1 Å². The number of benzene rings is 2. The van der Waals surface area contributed by atoms with Crippen LogP contribution < -0.4 is 16.2 Å². The molecule has 0 radical (unpaired) electrons. The Morgan fingerprint density at radius 2 is 1.74 bits per heavy atom. The molecule has 1 heterocycles. The van der Waals surface area contributed by atoms with Gasteiger partial charge in [0.25, 0.3) is 0 Å². The standard InChI is InChI=1S/C17H18N4O.ClH/c1-22-16-5-3-2-4-13(16)10-21-11-15(20-17(21)19)12-6-8-14(18)9-7-12;/h2-9,11H,10,18H2,1H3,(H2,19,20);1H. The minimum atomic E-state index is 0. The van der Waals surface area contributed by atoms with E-state index in [1.807, 2.05) is 59.3 Å². The number of rotatable bonds is 4. The molecule has 0 amide bonds. The Morgan fingerprint density at radius 1 is 1.04 bits per heavy atom. The molecule has 0 spiro atoms. The first-order valence-electron chi connectivity index (χ1n) is 6.98. The third-order valence-electron chi connectivity index (χ3n) is 3.55. The van der Waals surface area contributed by atoms with Gasteiger partial charge in [0.05, 0.1) is 19.3 Å². The van der Waals surface area contributed by atoms with Crippen LogP contribution in [-0.4, -0.2) is 16.7 Å². The van der Waals surface area contributed by atoms with Gasteiger partial charge in [0, 0.05) is 23.0 Å². The zero-order valence-corrected chi connectivity index (χ0v) is 13.6. The molecule has 0 unspecified atom stereocenters. The first-order valence-corrected chi connectivity index (χ1v) is 6.98. The molecule has 0 bridgehead atoms. The lowest BCUT2D eigenvalue weighted by atomic mass is 10.1. The number of anilines is 2. The number of hydrogen-bond donors (Lipinski definition) is 2. The van der Waals surface area contributed by atoms with Crippen LogP contribution in [0.25, 0.3) is 11.3 Å². The van der Waals surface area contributed by atoms with Crippen LogP contribution in [0.3, 0.4) is 0 Å². The lowest BCUT2D eigenvalue weighted by Gasteiger charge is -2.09. The minimum Gasteiger partial charge on any atom is -0.496 e. The summed E-state index contributed by atoms with van der Waals surface area (Å²) >= 11 is 0. The summed E-state index contributed by atoms with van der Waals surface area (Å²) in [4.78, 5) is 4.42. The van der Waals surface area contributed by atoms with Gasteiger partial charge in [-0.15, -0.1) is 12.4 Å². The number of methoxy groups -OCH3 is 1. The third-order valence-corrected chi connectivity index (χ3v) is 3.55. The molecule has 120 valence electrons. The van der Waals surface area contributed by atoms with Gasteiger partial charge in [-0.2, -0.15) is 0 Å². The summed E-state index contributed by atoms with van der Waals surface area (Å²) in [6.45, 7) is 0.609. The number of nitrogens with two attached hydrogens (primary N) is 2. The number of hydrogen-bond acceptors (Lipinski definition) is 4. The van der Waals surface area contributed by atoms with E-state index in [1.165, 1.54) is 0 Å². The predicted octanol–water partition coefficient (Wildman–Crippen LogP) is 3.19. The first-order chi connectivity index (χ1) is 10.7. The van der Waals surface area contributed by atoms with Crippen molar-refractivity contribution in [3.8, 4) is 17.0 Å². The maximum absolute atomic E-state index is 6.03. The van der Waals surface area contributed by atoms with Crippen molar-refractivity contribution >= 4 is 24.0 Å². The summed E-state index contributed by atoms with van der Waals surface area (Å²) in [5, 5.41) is 0. The number of imidazole rings is 1. The molecule has 0 aliphatic heterocycles. The van der Waals surface area contributed by atoms with Gasteiger partial charge in [0.15, 0.2) is 0 Å². The van der Waals surface area contributed by atoms with Crippen molar-refractivity contribution in [3.05, 3.63) is 60.3 Å². The number of ether oxygens (including phenoxy) is 1. The maximum Gasteiger partial charge on any atom is 0.201 e. The van der Waals surface area contributed by atoms with E-state index in [2.05, 4.69) is 4.98 Å². The predicted molar refractivity (Wildman–Crippen MR) is 95.8 cm³/mol. The highest BCUT2D eigenvalue weighted by molar-refractivity contribution is 5.85. The average Bonchev–Trinajstić information content (AvgIpc) is 2.89. The zero-order valence-electron chi connectivity index (χ0n) is 12.8. The van der Waals surface area contributed by atoms with Crippen LogP contribution in [0.2, 0.25) is 0 Å². The van der Waals surface area contributed by atoms with E-state index < -0.39 is 0 Å². The quantitative estimate of drug-likeness (QED) is 0.720. The molecule has 1 aromatic heterocycles. The van der Waals surface area contributed by atoms with Gasteiger partial charge in [-0.05, 0) is 18.2 Å². The summed E-state index contributed by atoms with van der Waals surface area (Å²) in [7, 11) is 1.66. The smallest absolute Gasteiger partial charge is 0.201 e. The van der Waals surface area contributed by atoms with E-state index in [0.717, 1.165) is 28.3 Å². The lowest BCUT2D eigenvalue weighted by Crippen LogP contribution is -2.04. The largest absolute Gasteiger partial charge is 0.496 e.